The van der Waals surface area contributed by atoms with Crippen molar-refractivity contribution in [1.29, 1.82) is 0 Å². The predicted octanol–water partition coefficient (Wildman–Crippen LogP) is 0.0197. The van der Waals surface area contributed by atoms with Gasteiger partial charge in [-0.2, -0.15) is 0 Å². The zero-order valence-electron chi connectivity index (χ0n) is 12.3. The van der Waals surface area contributed by atoms with E-state index in [0.29, 0.717) is 12.1 Å². The van der Waals surface area contributed by atoms with Crippen molar-refractivity contribution in [2.45, 2.75) is 32.4 Å². The highest BCUT2D eigenvalue weighted by molar-refractivity contribution is 5.98. The molecule has 0 aliphatic rings. The second kappa shape index (κ2) is 8.11. The molecule has 0 unspecified atom stereocenters. The van der Waals surface area contributed by atoms with Crippen LogP contribution in [-0.2, 0) is 9.59 Å². The minimum Gasteiger partial charge on any atom is -0.391 e. The van der Waals surface area contributed by atoms with Gasteiger partial charge in [0.2, 0.25) is 5.91 Å². The average molecular weight is 309 g/mol. The number of benzene rings is 1. The van der Waals surface area contributed by atoms with Gasteiger partial charge in [0, 0.05) is 17.7 Å². The van der Waals surface area contributed by atoms with Crippen molar-refractivity contribution in [2.75, 3.05) is 5.32 Å². The molecule has 8 heteroatoms. The highest BCUT2D eigenvalue weighted by Crippen LogP contribution is 2.10. The number of hydrogen-bond donors (Lipinski definition) is 5. The van der Waals surface area contributed by atoms with Crippen LogP contribution in [0.5, 0.6) is 0 Å². The van der Waals surface area contributed by atoms with E-state index in [9.17, 15) is 19.5 Å². The van der Waals surface area contributed by atoms with Gasteiger partial charge in [0.15, 0.2) is 0 Å². The van der Waals surface area contributed by atoms with Crippen LogP contribution in [0.4, 0.5) is 5.69 Å². The lowest BCUT2D eigenvalue weighted by Gasteiger charge is -2.19. The molecule has 0 radical (unpaired) electrons. The van der Waals surface area contributed by atoms with Gasteiger partial charge in [-0.1, -0.05) is 6.92 Å². The summed E-state index contributed by atoms with van der Waals surface area (Å²) in [6, 6.07) is 4.75. The molecule has 1 aromatic carbocycles. The van der Waals surface area contributed by atoms with E-state index in [1.54, 1.807) is 19.1 Å². The van der Waals surface area contributed by atoms with Gasteiger partial charge in [-0.3, -0.25) is 19.6 Å². The summed E-state index contributed by atoms with van der Waals surface area (Å²) in [4.78, 5) is 34.6. The van der Waals surface area contributed by atoms with Crippen LogP contribution >= 0.6 is 0 Å². The molecule has 0 aromatic heterocycles. The molecule has 2 atom stereocenters. The molecular formula is C14H19N3O5. The number of aliphatic hydroxyl groups excluding tert-OH is 1. The van der Waals surface area contributed by atoms with Crippen molar-refractivity contribution in [3.63, 3.8) is 0 Å². The fraction of sp³-hybridized carbons (Fsp3) is 0.357. The number of rotatable bonds is 6. The first-order valence-electron chi connectivity index (χ1n) is 6.71. The smallest absolute Gasteiger partial charge is 0.268 e. The molecule has 0 saturated heterocycles. The van der Waals surface area contributed by atoms with Crippen molar-refractivity contribution in [3.8, 4) is 0 Å². The maximum Gasteiger partial charge on any atom is 0.268 e. The van der Waals surface area contributed by atoms with Gasteiger partial charge in [0.05, 0.1) is 6.10 Å². The number of anilines is 1. The molecule has 120 valence electrons. The first kappa shape index (κ1) is 17.6. The summed E-state index contributed by atoms with van der Waals surface area (Å²) in [7, 11) is 0. The van der Waals surface area contributed by atoms with Gasteiger partial charge in [0.1, 0.15) is 6.04 Å². The van der Waals surface area contributed by atoms with Crippen molar-refractivity contribution in [3.05, 3.63) is 29.8 Å². The standard InChI is InChI=1S/C14H19N3O5/c1-3-11(19)15-10-6-4-9(5-7-10)13(20)16-12(8(2)18)14(21)17-22/h4-8,12,18,22H,3H2,1-2H3,(H,15,19)(H,16,20)(H,17,21)/t8-,12+/m1/s1. The quantitative estimate of drug-likeness (QED) is 0.374. The van der Waals surface area contributed by atoms with Crippen LogP contribution in [-0.4, -0.2) is 40.2 Å². The normalized spacial score (nSPS) is 12.9. The Labute approximate surface area is 127 Å². The fourth-order valence-corrected chi connectivity index (χ4v) is 1.65. The lowest BCUT2D eigenvalue weighted by atomic mass is 10.1. The number of aliphatic hydroxyl groups is 1. The zero-order valence-corrected chi connectivity index (χ0v) is 12.3. The Kier molecular flexibility index (Phi) is 6.48. The van der Waals surface area contributed by atoms with Crippen molar-refractivity contribution < 1.29 is 24.7 Å². The van der Waals surface area contributed by atoms with Crippen LogP contribution < -0.4 is 16.1 Å². The summed E-state index contributed by atoms with van der Waals surface area (Å²) in [6.07, 6.45) is -0.839. The number of amides is 3. The molecule has 0 heterocycles. The molecule has 0 aliphatic heterocycles. The average Bonchev–Trinajstić information content (AvgIpc) is 2.51. The molecule has 0 saturated carbocycles. The van der Waals surface area contributed by atoms with E-state index < -0.39 is 24.0 Å². The molecule has 22 heavy (non-hydrogen) atoms. The van der Waals surface area contributed by atoms with E-state index in [1.807, 2.05) is 0 Å². The topological polar surface area (TPSA) is 128 Å². The molecular weight excluding hydrogens is 290 g/mol. The summed E-state index contributed by atoms with van der Waals surface area (Å²) in [5.74, 6) is -1.66. The monoisotopic (exact) mass is 309 g/mol. The Morgan fingerprint density at radius 3 is 2.23 bits per heavy atom. The number of hydroxylamine groups is 1. The van der Waals surface area contributed by atoms with E-state index in [4.69, 9.17) is 5.21 Å². The second-order valence-corrected chi connectivity index (χ2v) is 4.65. The van der Waals surface area contributed by atoms with Gasteiger partial charge in [-0.05, 0) is 31.2 Å². The lowest BCUT2D eigenvalue weighted by Crippen LogP contribution is -2.51. The molecule has 0 fully saturated rings. The van der Waals surface area contributed by atoms with Crippen LogP contribution in [0.3, 0.4) is 0 Å². The second-order valence-electron chi connectivity index (χ2n) is 4.65. The predicted molar refractivity (Wildman–Crippen MR) is 78.2 cm³/mol. The third-order valence-electron chi connectivity index (χ3n) is 2.91. The molecule has 8 nitrogen and oxygen atoms in total. The minimum absolute atomic E-state index is 0.147. The SMILES string of the molecule is CCC(=O)Nc1ccc(C(=O)N[C@H](C(=O)NO)[C@@H](C)O)cc1. The van der Waals surface area contributed by atoms with Crippen LogP contribution in [0.15, 0.2) is 24.3 Å². The summed E-state index contributed by atoms with van der Waals surface area (Å²) in [6.45, 7) is 3.03. The van der Waals surface area contributed by atoms with Gasteiger partial charge in [0.25, 0.3) is 11.8 Å². The summed E-state index contributed by atoms with van der Waals surface area (Å²) < 4.78 is 0. The van der Waals surface area contributed by atoms with Gasteiger partial charge in [-0.15, -0.1) is 0 Å². The van der Waals surface area contributed by atoms with E-state index in [1.165, 1.54) is 24.5 Å². The van der Waals surface area contributed by atoms with E-state index in [-0.39, 0.29) is 11.5 Å². The molecule has 1 rings (SSSR count). The van der Waals surface area contributed by atoms with Crippen LogP contribution in [0.1, 0.15) is 30.6 Å². The van der Waals surface area contributed by atoms with Crippen LogP contribution in [0, 0.1) is 0 Å². The first-order valence-corrected chi connectivity index (χ1v) is 6.71. The van der Waals surface area contributed by atoms with Crippen molar-refractivity contribution >= 4 is 23.4 Å². The molecule has 1 aromatic rings. The van der Waals surface area contributed by atoms with Gasteiger partial charge >= 0.3 is 0 Å². The van der Waals surface area contributed by atoms with Crippen molar-refractivity contribution in [2.24, 2.45) is 0 Å². The maximum absolute atomic E-state index is 12.0. The molecule has 0 spiro atoms. The highest BCUT2D eigenvalue weighted by Gasteiger charge is 2.25. The van der Waals surface area contributed by atoms with E-state index in [2.05, 4.69) is 10.6 Å². The van der Waals surface area contributed by atoms with E-state index >= 15 is 0 Å². The highest BCUT2D eigenvalue weighted by atomic mass is 16.5. The van der Waals surface area contributed by atoms with Crippen molar-refractivity contribution in [1.82, 2.24) is 10.8 Å². The minimum atomic E-state index is -1.28. The molecule has 3 amide bonds. The summed E-state index contributed by atoms with van der Waals surface area (Å²) in [5, 5.41) is 23.0. The number of carbonyl (C=O) groups excluding carboxylic acids is 3. The Morgan fingerprint density at radius 1 is 1.18 bits per heavy atom. The third-order valence-corrected chi connectivity index (χ3v) is 2.91. The van der Waals surface area contributed by atoms with Gasteiger partial charge in [-0.25, -0.2) is 5.48 Å². The largest absolute Gasteiger partial charge is 0.391 e. The number of nitrogens with one attached hydrogen (secondary N) is 3. The Morgan fingerprint density at radius 2 is 1.77 bits per heavy atom. The molecule has 0 aliphatic carbocycles. The maximum atomic E-state index is 12.0. The Hall–Kier alpha value is -2.45. The van der Waals surface area contributed by atoms with Gasteiger partial charge < -0.3 is 15.7 Å². The first-order chi connectivity index (χ1) is 10.4. The summed E-state index contributed by atoms with van der Waals surface area (Å²) in [5.41, 5.74) is 2.17. The number of hydrogen-bond acceptors (Lipinski definition) is 5. The zero-order chi connectivity index (χ0) is 16.7. The lowest BCUT2D eigenvalue weighted by molar-refractivity contribution is -0.133. The third kappa shape index (κ3) is 4.83. The van der Waals surface area contributed by atoms with E-state index in [0.717, 1.165) is 0 Å². The Bertz CT molecular complexity index is 542. The summed E-state index contributed by atoms with van der Waals surface area (Å²) >= 11 is 0. The number of carbonyl (C=O) groups is 3. The Balaban J connectivity index is 2.76. The molecule has 0 bridgehead atoms. The van der Waals surface area contributed by atoms with Crippen LogP contribution in [0.2, 0.25) is 0 Å². The fourth-order valence-electron chi connectivity index (χ4n) is 1.65. The molecule has 5 N–H and O–H groups in total. The van der Waals surface area contributed by atoms with Crippen LogP contribution in [0.25, 0.3) is 0 Å².